The largest absolute Gasteiger partial charge is 0.376 e. The maximum atomic E-state index is 6.12. The molecule has 15 heavy (non-hydrogen) atoms. The number of fused-ring (bicyclic) bond motifs is 1. The minimum Gasteiger partial charge on any atom is -0.376 e. The first-order valence-electron chi connectivity index (χ1n) is 5.45. The van der Waals surface area contributed by atoms with Gasteiger partial charge in [0, 0.05) is 18.4 Å². The van der Waals surface area contributed by atoms with Crippen LogP contribution in [0, 0.1) is 5.92 Å². The van der Waals surface area contributed by atoms with Crippen LogP contribution in [0.5, 0.6) is 0 Å². The average Bonchev–Trinajstić information content (AvgIpc) is 3.02. The van der Waals surface area contributed by atoms with Crippen molar-refractivity contribution in [1.82, 2.24) is 9.97 Å². The van der Waals surface area contributed by atoms with Crippen molar-refractivity contribution in [2.45, 2.75) is 32.3 Å². The summed E-state index contributed by atoms with van der Waals surface area (Å²) >= 11 is 6.12. The van der Waals surface area contributed by atoms with Gasteiger partial charge in [-0.05, 0) is 18.8 Å². The van der Waals surface area contributed by atoms with Crippen molar-refractivity contribution in [2.75, 3.05) is 6.61 Å². The van der Waals surface area contributed by atoms with Crippen LogP contribution >= 0.6 is 11.6 Å². The van der Waals surface area contributed by atoms with Crippen molar-refractivity contribution in [3.63, 3.8) is 0 Å². The lowest BCUT2D eigenvalue weighted by Gasteiger charge is -2.17. The summed E-state index contributed by atoms with van der Waals surface area (Å²) in [5.74, 6) is 1.72. The lowest BCUT2D eigenvalue weighted by molar-refractivity contribution is 0.108. The maximum Gasteiger partial charge on any atom is 0.138 e. The Morgan fingerprint density at radius 3 is 3.00 bits per heavy atom. The molecule has 0 aromatic carbocycles. The van der Waals surface area contributed by atoms with Gasteiger partial charge in [0.15, 0.2) is 0 Å². The number of halogens is 1. The van der Waals surface area contributed by atoms with Crippen LogP contribution in [-0.4, -0.2) is 16.6 Å². The summed E-state index contributed by atoms with van der Waals surface area (Å²) in [6.07, 6.45) is 4.51. The Labute approximate surface area is 93.8 Å². The van der Waals surface area contributed by atoms with Gasteiger partial charge >= 0.3 is 0 Å². The van der Waals surface area contributed by atoms with Crippen LogP contribution in [0.1, 0.15) is 29.9 Å². The molecule has 2 aliphatic rings. The van der Waals surface area contributed by atoms with E-state index in [4.69, 9.17) is 16.3 Å². The second-order valence-electron chi connectivity index (χ2n) is 4.31. The Morgan fingerprint density at radius 1 is 1.33 bits per heavy atom. The fourth-order valence-corrected chi connectivity index (χ4v) is 2.17. The summed E-state index contributed by atoms with van der Waals surface area (Å²) in [6, 6.07) is 0. The van der Waals surface area contributed by atoms with Gasteiger partial charge < -0.3 is 4.74 Å². The maximum absolute atomic E-state index is 6.12. The predicted octanol–water partition coefficient (Wildman–Crippen LogP) is 2.16. The van der Waals surface area contributed by atoms with Crippen molar-refractivity contribution in [3.8, 4) is 0 Å². The lowest BCUT2D eigenvalue weighted by atomic mass is 10.1. The van der Waals surface area contributed by atoms with Crippen LogP contribution in [0.4, 0.5) is 0 Å². The summed E-state index contributed by atoms with van der Waals surface area (Å²) in [7, 11) is 0. The number of ether oxygens (including phenoxy) is 1. The number of hydrogen-bond acceptors (Lipinski definition) is 3. The molecule has 4 heteroatoms. The van der Waals surface area contributed by atoms with Crippen molar-refractivity contribution in [2.24, 2.45) is 5.92 Å². The molecule has 1 saturated carbocycles. The van der Waals surface area contributed by atoms with Gasteiger partial charge in [0.05, 0.1) is 18.9 Å². The zero-order valence-electron chi connectivity index (χ0n) is 8.50. The molecule has 0 saturated heterocycles. The van der Waals surface area contributed by atoms with Crippen molar-refractivity contribution in [3.05, 3.63) is 22.2 Å². The normalized spacial score (nSPS) is 20.1. The van der Waals surface area contributed by atoms with Crippen LogP contribution in [0.2, 0.25) is 5.15 Å². The van der Waals surface area contributed by atoms with Crippen LogP contribution < -0.4 is 0 Å². The van der Waals surface area contributed by atoms with Gasteiger partial charge in [-0.2, -0.15) is 0 Å². The van der Waals surface area contributed by atoms with E-state index in [1.54, 1.807) is 0 Å². The molecule has 1 aromatic heterocycles. The Morgan fingerprint density at radius 2 is 2.20 bits per heavy atom. The quantitative estimate of drug-likeness (QED) is 0.723. The molecule has 0 bridgehead atoms. The Bertz CT molecular complexity index is 390. The van der Waals surface area contributed by atoms with E-state index in [0.717, 1.165) is 42.4 Å². The van der Waals surface area contributed by atoms with Crippen molar-refractivity contribution >= 4 is 11.6 Å². The average molecular weight is 225 g/mol. The van der Waals surface area contributed by atoms with E-state index < -0.39 is 0 Å². The minimum atomic E-state index is 0.567. The summed E-state index contributed by atoms with van der Waals surface area (Å²) in [5.41, 5.74) is 2.08. The molecule has 80 valence electrons. The zero-order chi connectivity index (χ0) is 10.3. The lowest BCUT2D eigenvalue weighted by Crippen LogP contribution is -2.15. The van der Waals surface area contributed by atoms with Gasteiger partial charge in [0.2, 0.25) is 0 Å². The fraction of sp³-hybridized carbons (Fsp3) is 0.636. The van der Waals surface area contributed by atoms with Gasteiger partial charge in [0.1, 0.15) is 11.0 Å². The predicted molar refractivity (Wildman–Crippen MR) is 56.8 cm³/mol. The smallest absolute Gasteiger partial charge is 0.138 e. The fourth-order valence-electron chi connectivity index (χ4n) is 1.91. The van der Waals surface area contributed by atoms with E-state index in [1.807, 2.05) is 0 Å². The van der Waals surface area contributed by atoms with Crippen LogP contribution in [-0.2, 0) is 24.2 Å². The number of hydrogen-bond donors (Lipinski definition) is 0. The first kappa shape index (κ1) is 9.55. The van der Waals surface area contributed by atoms with Gasteiger partial charge in [0.25, 0.3) is 0 Å². The second-order valence-corrected chi connectivity index (χ2v) is 4.66. The zero-order valence-corrected chi connectivity index (χ0v) is 9.26. The Balaban J connectivity index is 1.92. The molecule has 3 nitrogen and oxygen atoms in total. The molecule has 0 spiro atoms. The van der Waals surface area contributed by atoms with Crippen molar-refractivity contribution < 1.29 is 4.74 Å². The third kappa shape index (κ3) is 1.99. The van der Waals surface area contributed by atoms with Gasteiger partial charge in [-0.25, -0.2) is 9.97 Å². The van der Waals surface area contributed by atoms with E-state index in [0.29, 0.717) is 11.8 Å². The first-order chi connectivity index (χ1) is 7.33. The van der Waals surface area contributed by atoms with E-state index in [-0.39, 0.29) is 0 Å². The van der Waals surface area contributed by atoms with Crippen LogP contribution in [0.3, 0.4) is 0 Å². The van der Waals surface area contributed by atoms with E-state index >= 15 is 0 Å². The van der Waals surface area contributed by atoms with Crippen LogP contribution in [0.25, 0.3) is 0 Å². The molecule has 0 amide bonds. The molecule has 3 rings (SSSR count). The van der Waals surface area contributed by atoms with Gasteiger partial charge in [-0.1, -0.05) is 11.6 Å². The third-order valence-corrected chi connectivity index (χ3v) is 3.30. The highest BCUT2D eigenvalue weighted by atomic mass is 35.5. The van der Waals surface area contributed by atoms with Crippen molar-refractivity contribution in [1.29, 1.82) is 0 Å². The number of aromatic nitrogens is 2. The monoisotopic (exact) mass is 224 g/mol. The standard InChI is InChI=1S/C11H13ClN2O/c12-11-8-6-15-4-3-9(8)13-10(14-11)5-7-1-2-7/h7H,1-6H2. The van der Waals surface area contributed by atoms with Gasteiger partial charge in [-0.3, -0.25) is 0 Å². The molecule has 0 atom stereocenters. The third-order valence-electron chi connectivity index (χ3n) is 2.99. The number of rotatable bonds is 2. The molecule has 1 fully saturated rings. The molecule has 1 aromatic rings. The highest BCUT2D eigenvalue weighted by molar-refractivity contribution is 6.30. The minimum absolute atomic E-state index is 0.567. The summed E-state index contributed by atoms with van der Waals surface area (Å²) in [4.78, 5) is 8.92. The molecule has 0 N–H and O–H groups in total. The van der Waals surface area contributed by atoms with Crippen LogP contribution in [0.15, 0.2) is 0 Å². The molecule has 1 aliphatic carbocycles. The molecule has 0 radical (unpaired) electrons. The van der Waals surface area contributed by atoms with E-state index in [9.17, 15) is 0 Å². The topological polar surface area (TPSA) is 35.0 Å². The summed E-state index contributed by atoms with van der Waals surface area (Å²) in [5, 5.41) is 0.593. The Kier molecular flexibility index (Phi) is 2.37. The molecule has 0 unspecified atom stereocenters. The Hall–Kier alpha value is -0.670. The summed E-state index contributed by atoms with van der Waals surface area (Å²) < 4.78 is 5.35. The molecular weight excluding hydrogens is 212 g/mol. The highest BCUT2D eigenvalue weighted by Crippen LogP contribution is 2.32. The molecule has 2 heterocycles. The summed E-state index contributed by atoms with van der Waals surface area (Å²) in [6.45, 7) is 1.32. The second kappa shape index (κ2) is 3.72. The van der Waals surface area contributed by atoms with E-state index in [1.165, 1.54) is 12.8 Å². The SMILES string of the molecule is Clc1nc(CC2CC2)nc2c1COCC2. The molecular formula is C11H13ClN2O. The van der Waals surface area contributed by atoms with E-state index in [2.05, 4.69) is 9.97 Å². The highest BCUT2D eigenvalue weighted by Gasteiger charge is 2.24. The molecule has 1 aliphatic heterocycles. The number of nitrogens with zero attached hydrogens (tertiary/aromatic N) is 2. The van der Waals surface area contributed by atoms with Gasteiger partial charge in [-0.15, -0.1) is 0 Å². The first-order valence-corrected chi connectivity index (χ1v) is 5.82.